The van der Waals surface area contributed by atoms with Gasteiger partial charge < -0.3 is 15.2 Å². The van der Waals surface area contributed by atoms with Crippen LogP contribution in [0.15, 0.2) is 18.2 Å². The van der Waals surface area contributed by atoms with Gasteiger partial charge in [0.25, 0.3) is 0 Å². The molecule has 3 rings (SSSR count). The Morgan fingerprint density at radius 1 is 1.35 bits per heavy atom. The highest BCUT2D eigenvalue weighted by Gasteiger charge is 2.31. The summed E-state index contributed by atoms with van der Waals surface area (Å²) in [7, 11) is 1.68. The van der Waals surface area contributed by atoms with E-state index < -0.39 is 0 Å². The van der Waals surface area contributed by atoms with E-state index in [4.69, 9.17) is 4.74 Å². The fourth-order valence-electron chi connectivity index (χ4n) is 3.11. The number of phenolic OH excluding ortho intramolecular Hbond substituents is 1. The van der Waals surface area contributed by atoms with Crippen LogP contribution in [0.1, 0.15) is 30.9 Å². The summed E-state index contributed by atoms with van der Waals surface area (Å²) >= 11 is 0. The number of rotatable bonds is 5. The molecule has 0 radical (unpaired) electrons. The van der Waals surface area contributed by atoms with Gasteiger partial charge in [0.05, 0.1) is 7.11 Å². The summed E-state index contributed by atoms with van der Waals surface area (Å²) in [6.07, 6.45) is 3.94. The van der Waals surface area contributed by atoms with E-state index in [0.29, 0.717) is 6.04 Å². The Morgan fingerprint density at radius 2 is 2.10 bits per heavy atom. The van der Waals surface area contributed by atoms with Gasteiger partial charge in [-0.15, -0.1) is 0 Å². The van der Waals surface area contributed by atoms with Crippen molar-refractivity contribution in [2.45, 2.75) is 25.3 Å². The molecule has 0 bridgehead atoms. The molecular weight excluding hydrogens is 252 g/mol. The Balaban J connectivity index is 1.86. The lowest BCUT2D eigenvalue weighted by atomic mass is 9.97. The molecule has 1 saturated carbocycles. The second-order valence-electron chi connectivity index (χ2n) is 5.91. The summed E-state index contributed by atoms with van der Waals surface area (Å²) < 4.78 is 5.50. The lowest BCUT2D eigenvalue weighted by molar-refractivity contribution is 0.157. The molecule has 1 aromatic carbocycles. The molecule has 1 aliphatic heterocycles. The van der Waals surface area contributed by atoms with Crippen molar-refractivity contribution in [1.29, 1.82) is 0 Å². The van der Waals surface area contributed by atoms with Gasteiger partial charge in [-0.3, -0.25) is 4.90 Å². The lowest BCUT2D eigenvalue weighted by Crippen LogP contribution is -2.45. The number of piperazine rings is 1. The minimum Gasteiger partial charge on any atom is -0.508 e. The first-order valence-corrected chi connectivity index (χ1v) is 7.59. The third kappa shape index (κ3) is 3.07. The van der Waals surface area contributed by atoms with E-state index in [1.54, 1.807) is 19.2 Å². The van der Waals surface area contributed by atoms with Gasteiger partial charge >= 0.3 is 0 Å². The molecule has 1 heterocycles. The number of methoxy groups -OCH3 is 1. The van der Waals surface area contributed by atoms with Crippen LogP contribution in [0.2, 0.25) is 0 Å². The molecule has 0 aromatic heterocycles. The van der Waals surface area contributed by atoms with Crippen LogP contribution in [0, 0.1) is 5.92 Å². The van der Waals surface area contributed by atoms with Crippen LogP contribution < -0.4 is 10.1 Å². The average molecular weight is 276 g/mol. The highest BCUT2D eigenvalue weighted by atomic mass is 16.5. The minimum atomic E-state index is 0.274. The van der Waals surface area contributed by atoms with E-state index in [1.165, 1.54) is 24.8 Å². The van der Waals surface area contributed by atoms with Crippen LogP contribution in [0.3, 0.4) is 0 Å². The van der Waals surface area contributed by atoms with Gasteiger partial charge in [0.15, 0.2) is 0 Å². The predicted octanol–water partition coefficient (Wildman–Crippen LogP) is 2.15. The molecule has 1 atom stereocenters. The molecule has 1 saturated heterocycles. The Kier molecular flexibility index (Phi) is 4.13. The van der Waals surface area contributed by atoms with Crippen LogP contribution in [0.4, 0.5) is 0 Å². The van der Waals surface area contributed by atoms with Gasteiger partial charge in [-0.1, -0.05) is 18.9 Å². The van der Waals surface area contributed by atoms with Crippen molar-refractivity contribution >= 4 is 0 Å². The Hall–Kier alpha value is -1.26. The topological polar surface area (TPSA) is 44.7 Å². The summed E-state index contributed by atoms with van der Waals surface area (Å²) in [6.45, 7) is 4.28. The maximum absolute atomic E-state index is 9.65. The number of nitrogens with zero attached hydrogens (tertiary/aromatic N) is 1. The molecule has 110 valence electrons. The molecule has 4 heteroatoms. The summed E-state index contributed by atoms with van der Waals surface area (Å²) in [5, 5.41) is 13.1. The zero-order valence-corrected chi connectivity index (χ0v) is 12.1. The zero-order chi connectivity index (χ0) is 13.9. The fourth-order valence-corrected chi connectivity index (χ4v) is 3.11. The Morgan fingerprint density at radius 3 is 2.75 bits per heavy atom. The normalized spacial score (nSPS) is 21.6. The number of benzene rings is 1. The first kappa shape index (κ1) is 13.7. The van der Waals surface area contributed by atoms with Crippen molar-refractivity contribution < 1.29 is 9.84 Å². The predicted molar refractivity (Wildman–Crippen MR) is 79.2 cm³/mol. The quantitative estimate of drug-likeness (QED) is 0.865. The van der Waals surface area contributed by atoms with E-state index in [1.807, 2.05) is 6.07 Å². The minimum absolute atomic E-state index is 0.274. The number of hydrogen-bond acceptors (Lipinski definition) is 4. The van der Waals surface area contributed by atoms with E-state index in [-0.39, 0.29) is 5.75 Å². The highest BCUT2D eigenvalue weighted by Crippen LogP contribution is 2.43. The second-order valence-corrected chi connectivity index (χ2v) is 5.91. The van der Waals surface area contributed by atoms with Crippen LogP contribution >= 0.6 is 0 Å². The first-order valence-electron chi connectivity index (χ1n) is 7.59. The largest absolute Gasteiger partial charge is 0.508 e. The van der Waals surface area contributed by atoms with Crippen molar-refractivity contribution in [3.8, 4) is 11.5 Å². The van der Waals surface area contributed by atoms with Gasteiger partial charge in [-0.25, -0.2) is 0 Å². The Labute approximate surface area is 120 Å². The van der Waals surface area contributed by atoms with E-state index in [2.05, 4.69) is 10.2 Å². The van der Waals surface area contributed by atoms with Crippen molar-refractivity contribution in [2.24, 2.45) is 5.92 Å². The van der Waals surface area contributed by atoms with Gasteiger partial charge in [0.1, 0.15) is 11.5 Å². The molecule has 1 aromatic rings. The molecule has 2 aliphatic rings. The lowest BCUT2D eigenvalue weighted by Gasteiger charge is -2.36. The van der Waals surface area contributed by atoms with Crippen LogP contribution in [-0.2, 0) is 0 Å². The Bertz CT molecular complexity index is 454. The number of aromatic hydroxyl groups is 1. The van der Waals surface area contributed by atoms with Crippen molar-refractivity contribution in [3.05, 3.63) is 23.8 Å². The van der Waals surface area contributed by atoms with Crippen LogP contribution in [0.5, 0.6) is 11.5 Å². The summed E-state index contributed by atoms with van der Waals surface area (Å²) in [4.78, 5) is 2.56. The average Bonchev–Trinajstić information content (AvgIpc) is 3.30. The maximum atomic E-state index is 9.65. The second kappa shape index (κ2) is 6.02. The standard InChI is InChI=1S/C16H24N2O2/c1-20-16-11-13(19)4-5-14(16)15(10-12-2-3-12)18-8-6-17-7-9-18/h4-5,11-12,15,17,19H,2-3,6-10H2,1H3/t15-/m1/s1. The summed E-state index contributed by atoms with van der Waals surface area (Å²) in [5.41, 5.74) is 1.22. The third-order valence-corrected chi connectivity index (χ3v) is 4.42. The van der Waals surface area contributed by atoms with Gasteiger partial charge in [0.2, 0.25) is 0 Å². The van der Waals surface area contributed by atoms with E-state index in [9.17, 15) is 5.11 Å². The van der Waals surface area contributed by atoms with Gasteiger partial charge in [-0.2, -0.15) is 0 Å². The molecule has 2 fully saturated rings. The molecule has 1 aliphatic carbocycles. The SMILES string of the molecule is COc1cc(O)ccc1[C@@H](CC1CC1)N1CCNCC1. The smallest absolute Gasteiger partial charge is 0.127 e. The molecule has 2 N–H and O–H groups in total. The number of phenols is 1. The zero-order valence-electron chi connectivity index (χ0n) is 12.1. The van der Waals surface area contributed by atoms with Gasteiger partial charge in [-0.05, 0) is 18.4 Å². The molecule has 0 spiro atoms. The third-order valence-electron chi connectivity index (χ3n) is 4.42. The van der Waals surface area contributed by atoms with Gasteiger partial charge in [0, 0.05) is 43.9 Å². The molecule has 0 amide bonds. The number of hydrogen-bond donors (Lipinski definition) is 2. The fraction of sp³-hybridized carbons (Fsp3) is 0.625. The first-order chi connectivity index (χ1) is 9.78. The van der Waals surface area contributed by atoms with Crippen LogP contribution in [0.25, 0.3) is 0 Å². The molecule has 4 nitrogen and oxygen atoms in total. The van der Waals surface area contributed by atoms with E-state index >= 15 is 0 Å². The highest BCUT2D eigenvalue weighted by molar-refractivity contribution is 5.42. The van der Waals surface area contributed by atoms with Crippen molar-refractivity contribution in [3.63, 3.8) is 0 Å². The number of nitrogens with one attached hydrogen (secondary N) is 1. The van der Waals surface area contributed by atoms with Crippen molar-refractivity contribution in [1.82, 2.24) is 10.2 Å². The number of ether oxygens (including phenoxy) is 1. The van der Waals surface area contributed by atoms with E-state index in [0.717, 1.165) is 37.8 Å². The molecule has 0 unspecified atom stereocenters. The van der Waals surface area contributed by atoms with Crippen LogP contribution in [-0.4, -0.2) is 43.3 Å². The monoisotopic (exact) mass is 276 g/mol. The summed E-state index contributed by atoms with van der Waals surface area (Å²) in [6, 6.07) is 5.96. The molecular formula is C16H24N2O2. The maximum Gasteiger partial charge on any atom is 0.127 e. The van der Waals surface area contributed by atoms with Crippen molar-refractivity contribution in [2.75, 3.05) is 33.3 Å². The summed E-state index contributed by atoms with van der Waals surface area (Å²) in [5.74, 6) is 1.96. The molecule has 20 heavy (non-hydrogen) atoms.